The fraction of sp³-hybridized carbons (Fsp3) is 0.562. The molecule has 0 heterocycles. The third kappa shape index (κ3) is 4.67. The molecule has 1 amide bonds. The van der Waals surface area contributed by atoms with Crippen molar-refractivity contribution < 1.29 is 4.79 Å². The second-order valence-electron chi connectivity index (χ2n) is 4.66. The van der Waals surface area contributed by atoms with Gasteiger partial charge in [0.2, 0.25) is 5.91 Å². The molecule has 1 rings (SSSR count). The lowest BCUT2D eigenvalue weighted by Gasteiger charge is -2.31. The van der Waals surface area contributed by atoms with E-state index < -0.39 is 0 Å². The third-order valence-electron chi connectivity index (χ3n) is 3.35. The average Bonchev–Trinajstić information content (AvgIpc) is 2.47. The zero-order valence-electron chi connectivity index (χ0n) is 12.4. The van der Waals surface area contributed by atoms with E-state index in [2.05, 4.69) is 19.2 Å². The first-order valence-electron chi connectivity index (χ1n) is 7.32. The molecule has 1 aromatic carbocycles. The fourth-order valence-corrected chi connectivity index (χ4v) is 2.28. The van der Waals surface area contributed by atoms with Gasteiger partial charge in [-0.1, -0.05) is 39.0 Å². The van der Waals surface area contributed by atoms with E-state index in [9.17, 15) is 4.79 Å². The summed E-state index contributed by atoms with van der Waals surface area (Å²) in [7, 11) is 0. The molecule has 0 aromatic heterocycles. The van der Waals surface area contributed by atoms with Crippen LogP contribution in [-0.4, -0.2) is 25.0 Å². The molecule has 1 N–H and O–H groups in total. The van der Waals surface area contributed by atoms with Gasteiger partial charge in [0.05, 0.1) is 0 Å². The van der Waals surface area contributed by atoms with E-state index >= 15 is 0 Å². The smallest absolute Gasteiger partial charge is 0.226 e. The summed E-state index contributed by atoms with van der Waals surface area (Å²) in [6.45, 7) is 8.11. The highest BCUT2D eigenvalue weighted by Gasteiger charge is 2.22. The summed E-state index contributed by atoms with van der Waals surface area (Å²) in [6.07, 6.45) is 2.52. The summed E-state index contributed by atoms with van der Waals surface area (Å²) in [5.74, 6) is 0.203. The van der Waals surface area contributed by atoms with Crippen molar-refractivity contribution in [2.24, 2.45) is 0 Å². The maximum absolute atomic E-state index is 12.3. The largest absolute Gasteiger partial charge is 0.317 e. The molecule has 0 fully saturated rings. The van der Waals surface area contributed by atoms with Gasteiger partial charge in [-0.25, -0.2) is 0 Å². The quantitative estimate of drug-likeness (QED) is 0.730. The van der Waals surface area contributed by atoms with Crippen molar-refractivity contribution in [2.75, 3.05) is 18.0 Å². The molecule has 0 aliphatic carbocycles. The lowest BCUT2D eigenvalue weighted by atomic mass is 10.1. The van der Waals surface area contributed by atoms with Crippen LogP contribution in [0.4, 0.5) is 5.69 Å². The zero-order chi connectivity index (χ0) is 14.1. The molecule has 0 aliphatic rings. The van der Waals surface area contributed by atoms with Gasteiger partial charge in [0.25, 0.3) is 0 Å². The van der Waals surface area contributed by atoms with Gasteiger partial charge in [-0.3, -0.25) is 4.79 Å². The van der Waals surface area contributed by atoms with Crippen LogP contribution in [0.2, 0.25) is 0 Å². The van der Waals surface area contributed by atoms with E-state index in [-0.39, 0.29) is 11.9 Å². The number of para-hydroxylation sites is 1. The van der Waals surface area contributed by atoms with Crippen LogP contribution >= 0.6 is 0 Å². The number of carbonyl (C=O) groups is 1. The fourth-order valence-electron chi connectivity index (χ4n) is 2.28. The van der Waals surface area contributed by atoms with Crippen LogP contribution in [0, 0.1) is 0 Å². The number of nitrogens with one attached hydrogen (secondary N) is 1. The predicted octanol–water partition coefficient (Wildman–Crippen LogP) is 3.21. The Morgan fingerprint density at radius 3 is 2.42 bits per heavy atom. The highest BCUT2D eigenvalue weighted by molar-refractivity contribution is 5.93. The van der Waals surface area contributed by atoms with E-state index in [1.54, 1.807) is 0 Å². The maximum atomic E-state index is 12.3. The molecule has 0 saturated carbocycles. The lowest BCUT2D eigenvalue weighted by molar-refractivity contribution is -0.118. The molecule has 3 nitrogen and oxygen atoms in total. The Kier molecular flexibility index (Phi) is 7.19. The summed E-state index contributed by atoms with van der Waals surface area (Å²) in [5.41, 5.74) is 1.01. The van der Waals surface area contributed by atoms with Gasteiger partial charge in [-0.2, -0.15) is 0 Å². The van der Waals surface area contributed by atoms with Gasteiger partial charge < -0.3 is 10.2 Å². The van der Waals surface area contributed by atoms with Crippen molar-refractivity contribution in [1.29, 1.82) is 0 Å². The van der Waals surface area contributed by atoms with Gasteiger partial charge in [-0.05, 0) is 38.1 Å². The number of hydrogen-bond donors (Lipinski definition) is 1. The average molecular weight is 262 g/mol. The Hall–Kier alpha value is -1.35. The SMILES string of the molecule is CCNCCC(CC)N(C(=O)CC)c1ccccc1. The van der Waals surface area contributed by atoms with E-state index in [0.717, 1.165) is 31.6 Å². The molecule has 0 bridgehead atoms. The lowest BCUT2D eigenvalue weighted by Crippen LogP contribution is -2.41. The molecule has 106 valence electrons. The van der Waals surface area contributed by atoms with Crippen molar-refractivity contribution in [3.8, 4) is 0 Å². The minimum Gasteiger partial charge on any atom is -0.317 e. The normalized spacial score (nSPS) is 12.2. The van der Waals surface area contributed by atoms with E-state index in [4.69, 9.17) is 0 Å². The molecule has 0 radical (unpaired) electrons. The zero-order valence-corrected chi connectivity index (χ0v) is 12.4. The molecule has 1 aromatic rings. The Labute approximate surface area is 117 Å². The first kappa shape index (κ1) is 15.7. The van der Waals surface area contributed by atoms with Gasteiger partial charge in [0, 0.05) is 18.2 Å². The van der Waals surface area contributed by atoms with E-state index in [1.165, 1.54) is 0 Å². The third-order valence-corrected chi connectivity index (χ3v) is 3.35. The van der Waals surface area contributed by atoms with Crippen molar-refractivity contribution >= 4 is 11.6 Å². The van der Waals surface area contributed by atoms with Crippen molar-refractivity contribution in [1.82, 2.24) is 5.32 Å². The second-order valence-corrected chi connectivity index (χ2v) is 4.66. The highest BCUT2D eigenvalue weighted by atomic mass is 16.2. The van der Waals surface area contributed by atoms with E-state index in [1.807, 2.05) is 42.2 Å². The summed E-state index contributed by atoms with van der Waals surface area (Å²) in [4.78, 5) is 14.2. The molecular weight excluding hydrogens is 236 g/mol. The standard InChI is InChI=1S/C16H26N2O/c1-4-14(12-13-17-6-3)18(16(19)5-2)15-10-8-7-9-11-15/h7-11,14,17H,4-6,12-13H2,1-3H3. The van der Waals surface area contributed by atoms with Gasteiger partial charge in [0.15, 0.2) is 0 Å². The molecule has 0 aliphatic heterocycles. The molecule has 1 atom stereocenters. The minimum atomic E-state index is 0.203. The molecule has 3 heteroatoms. The van der Waals surface area contributed by atoms with Crippen molar-refractivity contribution in [2.45, 2.75) is 46.1 Å². The van der Waals surface area contributed by atoms with Gasteiger partial charge in [0.1, 0.15) is 0 Å². The van der Waals surface area contributed by atoms with Crippen LogP contribution in [-0.2, 0) is 4.79 Å². The Morgan fingerprint density at radius 1 is 1.21 bits per heavy atom. The van der Waals surface area contributed by atoms with Crippen molar-refractivity contribution in [3.05, 3.63) is 30.3 Å². The van der Waals surface area contributed by atoms with Gasteiger partial charge >= 0.3 is 0 Å². The van der Waals surface area contributed by atoms with Crippen LogP contribution in [0.1, 0.15) is 40.0 Å². The van der Waals surface area contributed by atoms with E-state index in [0.29, 0.717) is 6.42 Å². The molecule has 0 spiro atoms. The first-order valence-corrected chi connectivity index (χ1v) is 7.32. The van der Waals surface area contributed by atoms with Crippen LogP contribution in [0.15, 0.2) is 30.3 Å². The number of rotatable bonds is 8. The van der Waals surface area contributed by atoms with Crippen LogP contribution in [0.5, 0.6) is 0 Å². The molecule has 0 saturated heterocycles. The number of nitrogens with zero attached hydrogens (tertiary/aromatic N) is 1. The Morgan fingerprint density at radius 2 is 1.89 bits per heavy atom. The molecule has 19 heavy (non-hydrogen) atoms. The number of hydrogen-bond acceptors (Lipinski definition) is 2. The summed E-state index contributed by atoms with van der Waals surface area (Å²) in [6, 6.07) is 10.3. The second kappa shape index (κ2) is 8.70. The Balaban J connectivity index is 2.85. The topological polar surface area (TPSA) is 32.3 Å². The predicted molar refractivity (Wildman–Crippen MR) is 81.5 cm³/mol. The minimum absolute atomic E-state index is 0.203. The number of benzene rings is 1. The summed E-state index contributed by atoms with van der Waals surface area (Å²) in [5, 5.41) is 3.34. The number of anilines is 1. The maximum Gasteiger partial charge on any atom is 0.226 e. The number of amides is 1. The molecular formula is C16H26N2O. The summed E-state index contributed by atoms with van der Waals surface area (Å²) < 4.78 is 0. The monoisotopic (exact) mass is 262 g/mol. The van der Waals surface area contributed by atoms with Crippen LogP contribution < -0.4 is 10.2 Å². The van der Waals surface area contributed by atoms with Crippen LogP contribution in [0.3, 0.4) is 0 Å². The summed E-state index contributed by atoms with van der Waals surface area (Å²) >= 11 is 0. The van der Waals surface area contributed by atoms with Crippen molar-refractivity contribution in [3.63, 3.8) is 0 Å². The Bertz CT molecular complexity index is 364. The number of carbonyl (C=O) groups excluding carboxylic acids is 1. The van der Waals surface area contributed by atoms with Crippen LogP contribution in [0.25, 0.3) is 0 Å². The van der Waals surface area contributed by atoms with Gasteiger partial charge in [-0.15, -0.1) is 0 Å². The highest BCUT2D eigenvalue weighted by Crippen LogP contribution is 2.21. The molecule has 1 unspecified atom stereocenters. The first-order chi connectivity index (χ1) is 9.24.